The molecule has 0 aromatic heterocycles. The van der Waals surface area contributed by atoms with E-state index in [0.29, 0.717) is 12.3 Å². The number of ether oxygens (including phenoxy) is 1. The van der Waals surface area contributed by atoms with Crippen molar-refractivity contribution in [3.63, 3.8) is 0 Å². The predicted molar refractivity (Wildman–Crippen MR) is 69.6 cm³/mol. The Bertz CT molecular complexity index is 325. The lowest BCUT2D eigenvalue weighted by Gasteiger charge is -2.29. The summed E-state index contributed by atoms with van der Waals surface area (Å²) in [4.78, 5) is 14.5. The van der Waals surface area contributed by atoms with Crippen LogP contribution in [0.25, 0.3) is 0 Å². The summed E-state index contributed by atoms with van der Waals surface area (Å²) in [5.74, 6) is -0.0547. The van der Waals surface area contributed by atoms with E-state index in [1.54, 1.807) is 0 Å². The van der Waals surface area contributed by atoms with Gasteiger partial charge in [-0.05, 0) is 36.1 Å². The smallest absolute Gasteiger partial charge is 0.310 e. The summed E-state index contributed by atoms with van der Waals surface area (Å²) in [7, 11) is 1.41. The van der Waals surface area contributed by atoms with Crippen LogP contribution >= 0.6 is 11.8 Å². The van der Waals surface area contributed by atoms with E-state index in [2.05, 4.69) is 17.8 Å². The first-order valence-corrected chi connectivity index (χ1v) is 6.34. The molecule has 0 radical (unpaired) electrons. The SMILES string of the molecule is CCC(C(=O)OC)C(NCl)C1=CC=CCC1C. The van der Waals surface area contributed by atoms with Gasteiger partial charge in [0.25, 0.3) is 0 Å². The highest BCUT2D eigenvalue weighted by atomic mass is 35.5. The highest BCUT2D eigenvalue weighted by Crippen LogP contribution is 2.28. The van der Waals surface area contributed by atoms with Gasteiger partial charge in [-0.1, -0.05) is 32.1 Å². The maximum Gasteiger partial charge on any atom is 0.310 e. The number of carbonyl (C=O) groups is 1. The van der Waals surface area contributed by atoms with Crippen LogP contribution in [0.5, 0.6) is 0 Å². The van der Waals surface area contributed by atoms with Gasteiger partial charge >= 0.3 is 5.97 Å². The minimum atomic E-state index is -0.238. The Kier molecular flexibility index (Phi) is 5.72. The molecule has 1 aliphatic rings. The first-order valence-electron chi connectivity index (χ1n) is 5.96. The number of allylic oxidation sites excluding steroid dienone is 3. The number of hydrogen-bond acceptors (Lipinski definition) is 3. The summed E-state index contributed by atoms with van der Waals surface area (Å²) < 4.78 is 4.83. The number of carbonyl (C=O) groups excluding carboxylic acids is 1. The summed E-state index contributed by atoms with van der Waals surface area (Å²) in [5, 5.41) is 0. The molecular formula is C13H20ClNO2. The molecule has 17 heavy (non-hydrogen) atoms. The molecule has 0 aliphatic heterocycles. The second kappa shape index (κ2) is 6.82. The summed E-state index contributed by atoms with van der Waals surface area (Å²) in [5.41, 5.74) is 1.17. The first-order chi connectivity index (χ1) is 8.15. The lowest BCUT2D eigenvalue weighted by Crippen LogP contribution is -2.39. The fourth-order valence-electron chi connectivity index (χ4n) is 2.23. The second-order valence-electron chi connectivity index (χ2n) is 4.36. The number of nitrogens with one attached hydrogen (secondary N) is 1. The van der Waals surface area contributed by atoms with E-state index in [1.165, 1.54) is 12.7 Å². The molecule has 0 amide bonds. The Labute approximate surface area is 108 Å². The Morgan fingerprint density at radius 2 is 2.41 bits per heavy atom. The molecule has 1 aliphatic carbocycles. The van der Waals surface area contributed by atoms with E-state index in [-0.39, 0.29) is 17.9 Å². The average Bonchev–Trinajstić information content (AvgIpc) is 2.36. The Balaban J connectivity index is 2.92. The van der Waals surface area contributed by atoms with E-state index in [4.69, 9.17) is 16.5 Å². The van der Waals surface area contributed by atoms with Crippen molar-refractivity contribution in [1.29, 1.82) is 0 Å². The van der Waals surface area contributed by atoms with Crippen LogP contribution in [0.4, 0.5) is 0 Å². The van der Waals surface area contributed by atoms with Crippen LogP contribution in [0, 0.1) is 11.8 Å². The zero-order valence-corrected chi connectivity index (χ0v) is 11.3. The molecular weight excluding hydrogens is 238 g/mol. The van der Waals surface area contributed by atoms with Crippen molar-refractivity contribution < 1.29 is 9.53 Å². The van der Waals surface area contributed by atoms with Crippen molar-refractivity contribution in [2.75, 3.05) is 7.11 Å². The fraction of sp³-hybridized carbons (Fsp3) is 0.615. The van der Waals surface area contributed by atoms with E-state index in [9.17, 15) is 4.79 Å². The van der Waals surface area contributed by atoms with Crippen molar-refractivity contribution in [3.05, 3.63) is 23.8 Å². The van der Waals surface area contributed by atoms with Crippen molar-refractivity contribution >= 4 is 17.7 Å². The van der Waals surface area contributed by atoms with Gasteiger partial charge < -0.3 is 4.74 Å². The zero-order chi connectivity index (χ0) is 12.8. The van der Waals surface area contributed by atoms with Crippen molar-refractivity contribution in [1.82, 2.24) is 4.84 Å². The molecule has 1 N–H and O–H groups in total. The third-order valence-electron chi connectivity index (χ3n) is 3.31. The van der Waals surface area contributed by atoms with Crippen LogP contribution in [0.15, 0.2) is 23.8 Å². The van der Waals surface area contributed by atoms with Gasteiger partial charge in [0, 0.05) is 0 Å². The zero-order valence-electron chi connectivity index (χ0n) is 10.6. The summed E-state index contributed by atoms with van der Waals surface area (Å²) >= 11 is 5.82. The van der Waals surface area contributed by atoms with E-state index in [1.807, 2.05) is 19.1 Å². The lowest BCUT2D eigenvalue weighted by molar-refractivity contribution is -0.146. The third kappa shape index (κ3) is 3.33. The topological polar surface area (TPSA) is 38.3 Å². The van der Waals surface area contributed by atoms with Gasteiger partial charge in [0.2, 0.25) is 0 Å². The monoisotopic (exact) mass is 257 g/mol. The van der Waals surface area contributed by atoms with Crippen LogP contribution in [0.1, 0.15) is 26.7 Å². The minimum Gasteiger partial charge on any atom is -0.469 e. The van der Waals surface area contributed by atoms with Crippen LogP contribution in [-0.4, -0.2) is 19.1 Å². The Morgan fingerprint density at radius 3 is 2.88 bits per heavy atom. The molecule has 1 rings (SSSR count). The molecule has 3 unspecified atom stereocenters. The number of halogens is 1. The van der Waals surface area contributed by atoms with Gasteiger partial charge in [-0.15, -0.1) is 0 Å². The van der Waals surface area contributed by atoms with Gasteiger partial charge in [-0.2, -0.15) is 0 Å². The van der Waals surface area contributed by atoms with Gasteiger partial charge in [0.1, 0.15) is 0 Å². The second-order valence-corrected chi connectivity index (χ2v) is 4.57. The minimum absolute atomic E-state index is 0.158. The van der Waals surface area contributed by atoms with Gasteiger partial charge in [0.05, 0.1) is 19.1 Å². The van der Waals surface area contributed by atoms with Crippen molar-refractivity contribution in [2.45, 2.75) is 32.7 Å². The van der Waals surface area contributed by atoms with Crippen molar-refractivity contribution in [3.8, 4) is 0 Å². The van der Waals surface area contributed by atoms with Crippen LogP contribution in [0.2, 0.25) is 0 Å². The predicted octanol–water partition coefficient (Wildman–Crippen LogP) is 2.82. The largest absolute Gasteiger partial charge is 0.469 e. The molecule has 0 bridgehead atoms. The molecule has 0 aromatic carbocycles. The summed E-state index contributed by atoms with van der Waals surface area (Å²) in [6.45, 7) is 4.10. The molecule has 3 nitrogen and oxygen atoms in total. The summed E-state index contributed by atoms with van der Waals surface area (Å²) in [6, 6.07) is -0.158. The van der Waals surface area contributed by atoms with E-state index >= 15 is 0 Å². The van der Waals surface area contributed by atoms with Crippen LogP contribution < -0.4 is 4.84 Å². The Hall–Kier alpha value is -0.800. The summed E-state index contributed by atoms with van der Waals surface area (Å²) in [6.07, 6.45) is 7.86. The molecule has 96 valence electrons. The van der Waals surface area contributed by atoms with E-state index in [0.717, 1.165) is 6.42 Å². The quantitative estimate of drug-likeness (QED) is 0.608. The standard InChI is InChI=1S/C13H20ClNO2/c1-4-10(13(16)17-3)12(15-14)11-8-6-5-7-9(11)2/h5-6,8-10,12,15H,4,7H2,1-3H3. The normalized spacial score (nSPS) is 22.8. The van der Waals surface area contributed by atoms with Gasteiger partial charge in [-0.3, -0.25) is 4.79 Å². The van der Waals surface area contributed by atoms with Crippen LogP contribution in [-0.2, 0) is 9.53 Å². The van der Waals surface area contributed by atoms with Gasteiger partial charge in [0.15, 0.2) is 0 Å². The molecule has 0 fully saturated rings. The van der Waals surface area contributed by atoms with Gasteiger partial charge in [-0.25, -0.2) is 4.84 Å². The highest BCUT2D eigenvalue weighted by Gasteiger charge is 2.32. The van der Waals surface area contributed by atoms with Crippen molar-refractivity contribution in [2.24, 2.45) is 11.8 Å². The molecule has 4 heteroatoms. The first kappa shape index (κ1) is 14.3. The van der Waals surface area contributed by atoms with Crippen LogP contribution in [0.3, 0.4) is 0 Å². The molecule has 0 saturated heterocycles. The fourth-order valence-corrected chi connectivity index (χ4v) is 2.51. The third-order valence-corrected chi connectivity index (χ3v) is 3.54. The maximum atomic E-state index is 11.7. The maximum absolute atomic E-state index is 11.7. The molecule has 0 spiro atoms. The number of methoxy groups -OCH3 is 1. The number of rotatable bonds is 5. The lowest BCUT2D eigenvalue weighted by atomic mass is 9.82. The molecule has 0 saturated carbocycles. The highest BCUT2D eigenvalue weighted by molar-refractivity contribution is 6.14. The number of esters is 1. The Morgan fingerprint density at radius 1 is 1.71 bits per heavy atom. The molecule has 0 aromatic rings. The average molecular weight is 258 g/mol. The van der Waals surface area contributed by atoms with E-state index < -0.39 is 0 Å². The molecule has 3 atom stereocenters. The number of hydrogen-bond donors (Lipinski definition) is 1. The molecule has 0 heterocycles.